The molecule has 0 aliphatic carbocycles. The first kappa shape index (κ1) is 31.5. The molecule has 1 N–H and O–H groups in total. The fraction of sp³-hybridized carbons (Fsp3) is 0.828. The van der Waals surface area contributed by atoms with E-state index in [9.17, 15) is 19.5 Å². The minimum absolute atomic E-state index is 0.0191. The van der Waals surface area contributed by atoms with E-state index in [2.05, 4.69) is 57.1 Å². The van der Waals surface area contributed by atoms with Crippen molar-refractivity contribution in [3.05, 3.63) is 12.7 Å². The van der Waals surface area contributed by atoms with Crippen molar-refractivity contribution in [2.75, 3.05) is 19.8 Å². The maximum Gasteiger partial charge on any atom is 0.310 e. The van der Waals surface area contributed by atoms with Gasteiger partial charge < -0.3 is 19.6 Å². The van der Waals surface area contributed by atoms with Crippen molar-refractivity contribution in [2.45, 2.75) is 107 Å². The fourth-order valence-electron chi connectivity index (χ4n) is 7.37. The highest BCUT2D eigenvalue weighted by atomic mass is 79.9. The fourth-order valence-corrected chi connectivity index (χ4v) is 11.0. The van der Waals surface area contributed by atoms with E-state index in [0.717, 1.165) is 6.42 Å². The van der Waals surface area contributed by atoms with Crippen LogP contribution in [0.4, 0.5) is 0 Å². The van der Waals surface area contributed by atoms with Gasteiger partial charge in [0, 0.05) is 22.2 Å². The molecular weight excluding hydrogens is 568 g/mol. The summed E-state index contributed by atoms with van der Waals surface area (Å²) in [5.41, 5.74) is -0.535. The Balaban J connectivity index is 2.17. The van der Waals surface area contributed by atoms with Crippen LogP contribution in [-0.4, -0.2) is 84.9 Å². The van der Waals surface area contributed by atoms with E-state index in [4.69, 9.17) is 4.74 Å². The molecule has 3 saturated heterocycles. The minimum atomic E-state index is -0.787. The Morgan fingerprint density at radius 1 is 1.32 bits per heavy atom. The molecule has 2 amide bonds. The number of rotatable bonds is 11. The van der Waals surface area contributed by atoms with E-state index in [-0.39, 0.29) is 52.4 Å². The van der Waals surface area contributed by atoms with Crippen LogP contribution in [0.5, 0.6) is 0 Å². The molecule has 3 aliphatic rings. The molecule has 216 valence electrons. The highest BCUT2D eigenvalue weighted by molar-refractivity contribution is 9.09. The first-order valence-electron chi connectivity index (χ1n) is 13.9. The molecule has 0 aromatic heterocycles. The zero-order chi connectivity index (χ0) is 28.8. The highest BCUT2D eigenvalue weighted by Gasteiger charge is 2.77. The van der Waals surface area contributed by atoms with E-state index in [1.165, 1.54) is 0 Å². The van der Waals surface area contributed by atoms with Crippen LogP contribution in [0.2, 0.25) is 0 Å². The molecule has 7 atom stereocenters. The van der Waals surface area contributed by atoms with Crippen LogP contribution in [0, 0.1) is 23.2 Å². The van der Waals surface area contributed by atoms with Gasteiger partial charge in [-0.2, -0.15) is 0 Å². The largest absolute Gasteiger partial charge is 0.466 e. The van der Waals surface area contributed by atoms with Gasteiger partial charge in [-0.25, -0.2) is 0 Å². The first-order chi connectivity index (χ1) is 17.6. The number of aliphatic hydroxyl groups excluding tert-OH is 1. The van der Waals surface area contributed by atoms with Crippen LogP contribution in [0.1, 0.15) is 74.7 Å². The van der Waals surface area contributed by atoms with Gasteiger partial charge in [-0.3, -0.25) is 14.4 Å². The summed E-state index contributed by atoms with van der Waals surface area (Å²) < 4.78 is 4.68. The van der Waals surface area contributed by atoms with E-state index >= 15 is 0 Å². The monoisotopic (exact) mass is 614 g/mol. The number of alkyl halides is 1. The van der Waals surface area contributed by atoms with Crippen molar-refractivity contribution in [1.29, 1.82) is 0 Å². The average Bonchev–Trinajstić information content (AvgIpc) is 3.37. The summed E-state index contributed by atoms with van der Waals surface area (Å²) in [6.45, 7) is 20.8. The second-order valence-corrected chi connectivity index (χ2v) is 16.1. The quantitative estimate of drug-likeness (QED) is 0.207. The Bertz CT molecular complexity index is 934. The minimum Gasteiger partial charge on any atom is -0.466 e. The lowest BCUT2D eigenvalue weighted by atomic mass is 9.70. The number of halogens is 1. The number of fused-ring (bicyclic) bond motifs is 1. The number of esters is 1. The van der Waals surface area contributed by atoms with Crippen molar-refractivity contribution in [1.82, 2.24) is 9.80 Å². The number of amides is 2. The normalized spacial score (nSPS) is 31.5. The number of hydrogen-bond donors (Lipinski definition) is 1. The van der Waals surface area contributed by atoms with Gasteiger partial charge in [-0.15, -0.1) is 18.3 Å². The molecule has 3 rings (SSSR count). The van der Waals surface area contributed by atoms with E-state index in [1.54, 1.807) is 29.7 Å². The number of nitrogens with zero attached hydrogens (tertiary/aromatic N) is 2. The van der Waals surface area contributed by atoms with E-state index < -0.39 is 34.2 Å². The summed E-state index contributed by atoms with van der Waals surface area (Å²) in [5, 5.41) is 10.4. The molecule has 1 spiro atoms. The molecule has 3 heterocycles. The molecule has 3 aliphatic heterocycles. The van der Waals surface area contributed by atoms with Crippen molar-refractivity contribution in [3.8, 4) is 0 Å². The molecule has 7 nitrogen and oxygen atoms in total. The third-order valence-corrected chi connectivity index (χ3v) is 11.4. The molecule has 0 aromatic carbocycles. The summed E-state index contributed by atoms with van der Waals surface area (Å²) in [6, 6.07) is -1.30. The number of ether oxygens (including phenoxy) is 1. The summed E-state index contributed by atoms with van der Waals surface area (Å²) in [4.78, 5) is 45.9. The number of carbonyl (C=O) groups is 3. The SMILES string of the molecule is C=CCN(C(=O)C1N([C@@H](CO)CC(C)C)C(=O)[C@@H]2[C@@H](C(=O)OCC)[C@@H]3SC12CC3Br)C(C)(C)CC(C)(C)C. The molecule has 0 saturated carbocycles. The standard InChI is InChI=1S/C29H47BrN2O5S/c1-10-12-31(28(8,9)16-27(5,6)7)25(35)23-29-14-19(30)22(38-29)20(26(36)37-11-2)21(29)24(34)32(23)18(15-33)13-17(3)4/h10,17-23,33H,1,11-16H2,2-9H3/t18-,19?,20-,21+,22-,23?,29?/m1/s1. The van der Waals surface area contributed by atoms with Crippen LogP contribution in [0.15, 0.2) is 12.7 Å². The molecule has 0 radical (unpaired) electrons. The second kappa shape index (κ2) is 11.4. The van der Waals surface area contributed by atoms with Gasteiger partial charge in [0.1, 0.15) is 6.04 Å². The third-order valence-electron chi connectivity index (χ3n) is 8.14. The maximum atomic E-state index is 14.8. The maximum absolute atomic E-state index is 14.8. The summed E-state index contributed by atoms with van der Waals surface area (Å²) in [7, 11) is 0. The third kappa shape index (κ3) is 5.58. The predicted molar refractivity (Wildman–Crippen MR) is 156 cm³/mol. The van der Waals surface area contributed by atoms with Crippen molar-refractivity contribution in [2.24, 2.45) is 23.2 Å². The topological polar surface area (TPSA) is 87.2 Å². The molecular formula is C29H47BrN2O5S. The molecule has 38 heavy (non-hydrogen) atoms. The molecule has 0 aromatic rings. The van der Waals surface area contributed by atoms with E-state index in [1.807, 2.05) is 18.7 Å². The average molecular weight is 616 g/mol. The van der Waals surface area contributed by atoms with Gasteiger partial charge in [0.25, 0.3) is 0 Å². The van der Waals surface area contributed by atoms with Crippen LogP contribution < -0.4 is 0 Å². The number of likely N-dealkylation sites (tertiary alicyclic amines) is 1. The van der Waals surface area contributed by atoms with Crippen molar-refractivity contribution < 1.29 is 24.2 Å². The van der Waals surface area contributed by atoms with Crippen LogP contribution in [0.25, 0.3) is 0 Å². The van der Waals surface area contributed by atoms with Gasteiger partial charge in [-0.05, 0) is 51.4 Å². The molecule has 3 unspecified atom stereocenters. The summed E-state index contributed by atoms with van der Waals surface area (Å²) in [6.07, 6.45) is 3.67. The van der Waals surface area contributed by atoms with Crippen LogP contribution >= 0.6 is 27.7 Å². The van der Waals surface area contributed by atoms with Gasteiger partial charge in [0.05, 0.1) is 35.8 Å². The Hall–Kier alpha value is -1.06. The van der Waals surface area contributed by atoms with Gasteiger partial charge in [-0.1, -0.05) is 56.6 Å². The highest BCUT2D eigenvalue weighted by Crippen LogP contribution is 2.68. The Labute approximate surface area is 241 Å². The molecule has 2 bridgehead atoms. The van der Waals surface area contributed by atoms with Crippen molar-refractivity contribution >= 4 is 45.5 Å². The lowest BCUT2D eigenvalue weighted by Crippen LogP contribution is -2.62. The Morgan fingerprint density at radius 2 is 1.95 bits per heavy atom. The molecule has 3 fully saturated rings. The van der Waals surface area contributed by atoms with Crippen LogP contribution in [-0.2, 0) is 19.1 Å². The number of thioether (sulfide) groups is 1. The smallest absolute Gasteiger partial charge is 0.310 e. The summed E-state index contributed by atoms with van der Waals surface area (Å²) in [5.74, 6) is -1.78. The lowest BCUT2D eigenvalue weighted by molar-refractivity contribution is -0.154. The van der Waals surface area contributed by atoms with Crippen molar-refractivity contribution in [3.63, 3.8) is 0 Å². The Morgan fingerprint density at radius 3 is 2.45 bits per heavy atom. The zero-order valence-corrected chi connectivity index (χ0v) is 26.7. The van der Waals surface area contributed by atoms with E-state index in [0.29, 0.717) is 19.4 Å². The number of hydrogen-bond acceptors (Lipinski definition) is 6. The van der Waals surface area contributed by atoms with Gasteiger partial charge in [0.2, 0.25) is 11.8 Å². The lowest BCUT2D eigenvalue weighted by Gasteiger charge is -2.47. The summed E-state index contributed by atoms with van der Waals surface area (Å²) >= 11 is 5.40. The Kier molecular flexibility index (Phi) is 9.47. The van der Waals surface area contributed by atoms with Crippen LogP contribution in [0.3, 0.4) is 0 Å². The second-order valence-electron chi connectivity index (χ2n) is 13.4. The van der Waals surface area contributed by atoms with Gasteiger partial charge in [0.15, 0.2) is 0 Å². The predicted octanol–water partition coefficient (Wildman–Crippen LogP) is 4.65. The zero-order valence-electron chi connectivity index (χ0n) is 24.3. The molecule has 9 heteroatoms. The van der Waals surface area contributed by atoms with Gasteiger partial charge >= 0.3 is 5.97 Å². The number of carbonyl (C=O) groups excluding carboxylic acids is 3. The number of aliphatic hydroxyl groups is 1. The first-order valence-corrected chi connectivity index (χ1v) is 15.7.